The number of carbonyl (C=O) groups is 2. The van der Waals surface area contributed by atoms with E-state index in [-0.39, 0.29) is 17.8 Å². The lowest BCUT2D eigenvalue weighted by molar-refractivity contribution is -0.144. The van der Waals surface area contributed by atoms with Crippen LogP contribution in [-0.4, -0.2) is 36.5 Å². The average Bonchev–Trinajstić information content (AvgIpc) is 2.48. The minimum Gasteiger partial charge on any atom is -0.466 e. The van der Waals surface area contributed by atoms with Gasteiger partial charge in [-0.15, -0.1) is 0 Å². The van der Waals surface area contributed by atoms with Crippen LogP contribution >= 0.6 is 0 Å². The largest absolute Gasteiger partial charge is 0.466 e. The Hall–Kier alpha value is -1.06. The number of carbonyl (C=O) groups excluding carboxylic acids is 2. The molecule has 0 heterocycles. The normalized spacial score (nSPS) is 15.9. The molecule has 0 aromatic carbocycles. The topological polar surface area (TPSA) is 46.6 Å². The quantitative estimate of drug-likeness (QED) is 0.643. The Morgan fingerprint density at radius 2 is 1.80 bits per heavy atom. The molecular weight excluding hydrogens is 254 g/mol. The molecule has 1 saturated carbocycles. The lowest BCUT2D eigenvalue weighted by Crippen LogP contribution is -2.39. The highest BCUT2D eigenvalue weighted by atomic mass is 16.5. The van der Waals surface area contributed by atoms with E-state index < -0.39 is 0 Å². The number of nitrogens with zero attached hydrogens (tertiary/aromatic N) is 1. The fourth-order valence-corrected chi connectivity index (χ4v) is 2.75. The van der Waals surface area contributed by atoms with Gasteiger partial charge < -0.3 is 9.64 Å². The standard InChI is InChI=1S/C16H29NO3/c1-3-5-12-17(13-11-15(18)20-4-2)16(19)14-9-7-6-8-10-14/h14H,3-13H2,1-2H3. The summed E-state index contributed by atoms with van der Waals surface area (Å²) in [5, 5.41) is 0. The lowest BCUT2D eigenvalue weighted by Gasteiger charge is -2.29. The molecule has 1 amide bonds. The van der Waals surface area contributed by atoms with Crippen LogP contribution in [0.15, 0.2) is 0 Å². The second kappa shape index (κ2) is 9.78. The minimum atomic E-state index is -0.203. The van der Waals surface area contributed by atoms with Crippen molar-refractivity contribution in [2.75, 3.05) is 19.7 Å². The summed E-state index contributed by atoms with van der Waals surface area (Å²) in [5.74, 6) is 0.232. The molecule has 0 spiro atoms. The first-order chi connectivity index (χ1) is 9.69. The Balaban J connectivity index is 2.48. The lowest BCUT2D eigenvalue weighted by atomic mass is 9.88. The zero-order chi connectivity index (χ0) is 14.8. The van der Waals surface area contributed by atoms with Crippen molar-refractivity contribution in [3.63, 3.8) is 0 Å². The van der Waals surface area contributed by atoms with Gasteiger partial charge in [-0.05, 0) is 26.2 Å². The first-order valence-corrected chi connectivity index (χ1v) is 8.13. The molecule has 0 bridgehead atoms. The van der Waals surface area contributed by atoms with Crippen LogP contribution in [0.2, 0.25) is 0 Å². The Labute approximate surface area is 122 Å². The molecule has 1 aliphatic carbocycles. The third kappa shape index (κ3) is 5.93. The Bertz CT molecular complexity index is 298. The third-order valence-corrected chi connectivity index (χ3v) is 3.94. The van der Waals surface area contributed by atoms with Crippen molar-refractivity contribution in [1.82, 2.24) is 4.90 Å². The summed E-state index contributed by atoms with van der Waals surface area (Å²) in [6, 6.07) is 0. The van der Waals surface area contributed by atoms with E-state index in [2.05, 4.69) is 6.92 Å². The molecule has 0 aromatic heterocycles. The predicted octanol–water partition coefficient (Wildman–Crippen LogP) is 3.15. The van der Waals surface area contributed by atoms with E-state index >= 15 is 0 Å². The van der Waals surface area contributed by atoms with Gasteiger partial charge in [-0.2, -0.15) is 0 Å². The molecular formula is C16H29NO3. The number of unbranched alkanes of at least 4 members (excludes halogenated alkanes) is 1. The zero-order valence-electron chi connectivity index (χ0n) is 13.0. The number of ether oxygens (including phenoxy) is 1. The van der Waals surface area contributed by atoms with Crippen molar-refractivity contribution >= 4 is 11.9 Å². The molecule has 0 aromatic rings. The monoisotopic (exact) mass is 283 g/mol. The first kappa shape index (κ1) is 17.0. The van der Waals surface area contributed by atoms with E-state index in [1.165, 1.54) is 6.42 Å². The average molecular weight is 283 g/mol. The summed E-state index contributed by atoms with van der Waals surface area (Å²) in [5.41, 5.74) is 0. The van der Waals surface area contributed by atoms with Gasteiger partial charge in [0.15, 0.2) is 0 Å². The van der Waals surface area contributed by atoms with Crippen LogP contribution in [-0.2, 0) is 14.3 Å². The molecule has 0 atom stereocenters. The van der Waals surface area contributed by atoms with Gasteiger partial charge in [0.25, 0.3) is 0 Å². The maximum absolute atomic E-state index is 12.5. The van der Waals surface area contributed by atoms with E-state index in [1.54, 1.807) is 6.92 Å². The van der Waals surface area contributed by atoms with Gasteiger partial charge in [-0.25, -0.2) is 0 Å². The van der Waals surface area contributed by atoms with Crippen LogP contribution in [0.3, 0.4) is 0 Å². The molecule has 0 radical (unpaired) electrons. The highest BCUT2D eigenvalue weighted by Gasteiger charge is 2.25. The van der Waals surface area contributed by atoms with Gasteiger partial charge in [0.05, 0.1) is 13.0 Å². The SMILES string of the molecule is CCCCN(CCC(=O)OCC)C(=O)C1CCCCC1. The molecule has 1 rings (SSSR count). The van der Waals surface area contributed by atoms with E-state index in [9.17, 15) is 9.59 Å². The van der Waals surface area contributed by atoms with Crippen LogP contribution in [0.1, 0.15) is 65.2 Å². The molecule has 0 N–H and O–H groups in total. The summed E-state index contributed by atoms with van der Waals surface area (Å²) < 4.78 is 4.95. The highest BCUT2D eigenvalue weighted by molar-refractivity contribution is 5.79. The van der Waals surface area contributed by atoms with Gasteiger partial charge in [-0.3, -0.25) is 9.59 Å². The molecule has 4 nitrogen and oxygen atoms in total. The predicted molar refractivity (Wildman–Crippen MR) is 79.3 cm³/mol. The van der Waals surface area contributed by atoms with E-state index in [0.29, 0.717) is 19.6 Å². The fourth-order valence-electron chi connectivity index (χ4n) is 2.75. The second-order valence-corrected chi connectivity index (χ2v) is 5.57. The first-order valence-electron chi connectivity index (χ1n) is 8.13. The zero-order valence-corrected chi connectivity index (χ0v) is 13.0. The van der Waals surface area contributed by atoms with Crippen LogP contribution in [0, 0.1) is 5.92 Å². The van der Waals surface area contributed by atoms with E-state index in [1.807, 2.05) is 4.90 Å². The van der Waals surface area contributed by atoms with Crippen LogP contribution in [0.25, 0.3) is 0 Å². The number of hydrogen-bond donors (Lipinski definition) is 0. The molecule has 0 aliphatic heterocycles. The molecule has 116 valence electrons. The van der Waals surface area contributed by atoms with Gasteiger partial charge >= 0.3 is 5.97 Å². The molecule has 0 saturated heterocycles. The van der Waals surface area contributed by atoms with Crippen molar-refractivity contribution in [1.29, 1.82) is 0 Å². The summed E-state index contributed by atoms with van der Waals surface area (Å²) in [7, 11) is 0. The van der Waals surface area contributed by atoms with E-state index in [0.717, 1.165) is 45.1 Å². The molecule has 20 heavy (non-hydrogen) atoms. The maximum atomic E-state index is 12.5. The Morgan fingerprint density at radius 1 is 1.10 bits per heavy atom. The molecule has 0 unspecified atom stereocenters. The summed E-state index contributed by atoms with van der Waals surface area (Å²) in [4.78, 5) is 25.9. The molecule has 1 aliphatic rings. The summed E-state index contributed by atoms with van der Waals surface area (Å²) in [6.45, 7) is 5.61. The number of hydrogen-bond acceptors (Lipinski definition) is 3. The third-order valence-electron chi connectivity index (χ3n) is 3.94. The van der Waals surface area contributed by atoms with Crippen molar-refractivity contribution in [3.8, 4) is 0 Å². The van der Waals surface area contributed by atoms with Gasteiger partial charge in [-0.1, -0.05) is 32.6 Å². The molecule has 4 heteroatoms. The smallest absolute Gasteiger partial charge is 0.307 e. The van der Waals surface area contributed by atoms with Gasteiger partial charge in [0.2, 0.25) is 5.91 Å². The number of rotatable bonds is 8. The van der Waals surface area contributed by atoms with Crippen LogP contribution in [0.5, 0.6) is 0 Å². The summed E-state index contributed by atoms with van der Waals surface area (Å²) >= 11 is 0. The fraction of sp³-hybridized carbons (Fsp3) is 0.875. The maximum Gasteiger partial charge on any atom is 0.307 e. The highest BCUT2D eigenvalue weighted by Crippen LogP contribution is 2.25. The van der Waals surface area contributed by atoms with Crippen molar-refractivity contribution in [2.24, 2.45) is 5.92 Å². The van der Waals surface area contributed by atoms with Crippen molar-refractivity contribution in [2.45, 2.75) is 65.2 Å². The van der Waals surface area contributed by atoms with Gasteiger partial charge in [0, 0.05) is 19.0 Å². The number of esters is 1. The van der Waals surface area contributed by atoms with Crippen LogP contribution < -0.4 is 0 Å². The second-order valence-electron chi connectivity index (χ2n) is 5.57. The Morgan fingerprint density at radius 3 is 2.40 bits per heavy atom. The van der Waals surface area contributed by atoms with E-state index in [4.69, 9.17) is 4.74 Å². The molecule has 1 fully saturated rings. The van der Waals surface area contributed by atoms with Crippen molar-refractivity contribution < 1.29 is 14.3 Å². The summed E-state index contributed by atoms with van der Waals surface area (Å²) in [6.07, 6.45) is 7.99. The van der Waals surface area contributed by atoms with Gasteiger partial charge in [0.1, 0.15) is 0 Å². The number of amides is 1. The van der Waals surface area contributed by atoms with Crippen LogP contribution in [0.4, 0.5) is 0 Å². The Kier molecular flexibility index (Phi) is 8.31. The minimum absolute atomic E-state index is 0.183. The van der Waals surface area contributed by atoms with Crippen molar-refractivity contribution in [3.05, 3.63) is 0 Å².